The smallest absolute Gasteiger partial charge is 0.322 e. The van der Waals surface area contributed by atoms with Crippen molar-refractivity contribution in [3.63, 3.8) is 0 Å². The lowest BCUT2D eigenvalue weighted by Gasteiger charge is -2.20. The average molecular weight is 277 g/mol. The van der Waals surface area contributed by atoms with Gasteiger partial charge in [0, 0.05) is 18.1 Å². The minimum Gasteiger partial charge on any atom is -0.422 e. The Morgan fingerprint density at radius 3 is 3.00 bits per heavy atom. The number of fused-ring (bicyclic) bond motifs is 2. The number of para-hydroxylation sites is 2. The number of ether oxygens (including phenoxy) is 1. The molecule has 0 saturated heterocycles. The van der Waals surface area contributed by atoms with Gasteiger partial charge in [-0.15, -0.1) is 0 Å². The van der Waals surface area contributed by atoms with Crippen LogP contribution in [0, 0.1) is 0 Å². The third-order valence-corrected chi connectivity index (χ3v) is 3.71. The van der Waals surface area contributed by atoms with E-state index in [1.807, 2.05) is 36.4 Å². The van der Waals surface area contributed by atoms with Crippen molar-refractivity contribution in [3.05, 3.63) is 54.2 Å². The first kappa shape index (κ1) is 12.1. The molecule has 1 aromatic heterocycles. The molecule has 104 valence electrons. The standard InChI is InChI=1S/C17H15N3O/c1-2-8-14-13(5-1)11-19-17(20-14)21-15-9-3-6-12-7-4-10-18-16(12)15/h1-3,5-6,8-9,11,18H,4,7,10H2. The zero-order valence-electron chi connectivity index (χ0n) is 11.5. The van der Waals surface area contributed by atoms with Crippen molar-refractivity contribution >= 4 is 16.6 Å². The lowest BCUT2D eigenvalue weighted by atomic mass is 10.0. The van der Waals surface area contributed by atoms with Gasteiger partial charge < -0.3 is 10.1 Å². The molecule has 0 saturated carbocycles. The van der Waals surface area contributed by atoms with Crippen LogP contribution in [0.2, 0.25) is 0 Å². The first-order valence-corrected chi connectivity index (χ1v) is 7.15. The molecule has 2 heterocycles. The molecule has 0 fully saturated rings. The molecular formula is C17H15N3O. The van der Waals surface area contributed by atoms with E-state index in [1.54, 1.807) is 6.20 Å². The van der Waals surface area contributed by atoms with Crippen LogP contribution < -0.4 is 10.1 Å². The number of aromatic nitrogens is 2. The molecule has 4 rings (SSSR count). The maximum atomic E-state index is 5.90. The largest absolute Gasteiger partial charge is 0.422 e. The average Bonchev–Trinajstić information content (AvgIpc) is 2.55. The third-order valence-electron chi connectivity index (χ3n) is 3.71. The number of aryl methyl sites for hydroxylation is 1. The van der Waals surface area contributed by atoms with Gasteiger partial charge in [0.1, 0.15) is 0 Å². The zero-order chi connectivity index (χ0) is 14.1. The number of rotatable bonds is 2. The first-order valence-electron chi connectivity index (χ1n) is 7.15. The maximum absolute atomic E-state index is 5.90. The van der Waals surface area contributed by atoms with E-state index in [1.165, 1.54) is 5.56 Å². The molecule has 4 heteroatoms. The molecule has 3 aromatic rings. The Kier molecular flexibility index (Phi) is 2.92. The Balaban J connectivity index is 1.71. The molecule has 0 atom stereocenters. The normalized spacial score (nSPS) is 13.5. The highest BCUT2D eigenvalue weighted by Gasteiger charge is 2.14. The van der Waals surface area contributed by atoms with Crippen LogP contribution in [0.3, 0.4) is 0 Å². The number of nitrogens with zero attached hydrogens (tertiary/aromatic N) is 2. The third kappa shape index (κ3) is 2.29. The molecule has 0 bridgehead atoms. The van der Waals surface area contributed by atoms with Crippen molar-refractivity contribution < 1.29 is 4.74 Å². The number of hydrogen-bond acceptors (Lipinski definition) is 4. The molecule has 21 heavy (non-hydrogen) atoms. The van der Waals surface area contributed by atoms with E-state index < -0.39 is 0 Å². The van der Waals surface area contributed by atoms with E-state index >= 15 is 0 Å². The molecule has 0 radical (unpaired) electrons. The summed E-state index contributed by atoms with van der Waals surface area (Å²) in [7, 11) is 0. The van der Waals surface area contributed by atoms with Gasteiger partial charge in [0.05, 0.1) is 11.2 Å². The van der Waals surface area contributed by atoms with E-state index in [2.05, 4.69) is 21.4 Å². The van der Waals surface area contributed by atoms with Crippen LogP contribution in [-0.2, 0) is 6.42 Å². The van der Waals surface area contributed by atoms with Gasteiger partial charge in [-0.25, -0.2) is 4.98 Å². The molecule has 0 aliphatic carbocycles. The lowest BCUT2D eigenvalue weighted by molar-refractivity contribution is 0.444. The van der Waals surface area contributed by atoms with Gasteiger partial charge in [0.2, 0.25) is 0 Å². The summed E-state index contributed by atoms with van der Waals surface area (Å²) in [5.41, 5.74) is 3.25. The fourth-order valence-corrected chi connectivity index (χ4v) is 2.67. The van der Waals surface area contributed by atoms with Crippen molar-refractivity contribution in [2.75, 3.05) is 11.9 Å². The van der Waals surface area contributed by atoms with Crippen molar-refractivity contribution in [2.24, 2.45) is 0 Å². The van der Waals surface area contributed by atoms with Crippen LogP contribution in [0.4, 0.5) is 5.69 Å². The Bertz CT molecular complexity index is 801. The number of hydrogen-bond donors (Lipinski definition) is 1. The number of anilines is 1. The van der Waals surface area contributed by atoms with Gasteiger partial charge in [-0.2, -0.15) is 4.98 Å². The molecule has 1 aliphatic rings. The number of nitrogens with one attached hydrogen (secondary N) is 1. The predicted octanol–water partition coefficient (Wildman–Crippen LogP) is 3.78. The van der Waals surface area contributed by atoms with Crippen molar-refractivity contribution in [2.45, 2.75) is 12.8 Å². The summed E-state index contributed by atoms with van der Waals surface area (Å²) in [6, 6.07) is 14.4. The molecule has 1 N–H and O–H groups in total. The Labute approximate surface area is 122 Å². The van der Waals surface area contributed by atoms with Crippen LogP contribution in [0.25, 0.3) is 10.9 Å². The van der Waals surface area contributed by atoms with Gasteiger partial charge >= 0.3 is 6.01 Å². The Hall–Kier alpha value is -2.62. The summed E-state index contributed by atoms with van der Waals surface area (Å²) in [5.74, 6) is 0.794. The summed E-state index contributed by atoms with van der Waals surface area (Å²) in [5, 5.41) is 4.42. The Morgan fingerprint density at radius 2 is 2.00 bits per heavy atom. The lowest BCUT2D eigenvalue weighted by Crippen LogP contribution is -2.12. The van der Waals surface area contributed by atoms with E-state index in [-0.39, 0.29) is 0 Å². The molecule has 1 aliphatic heterocycles. The van der Waals surface area contributed by atoms with Gasteiger partial charge in [0.15, 0.2) is 5.75 Å². The summed E-state index contributed by atoms with van der Waals surface area (Å²) in [6.45, 7) is 0.978. The highest BCUT2D eigenvalue weighted by atomic mass is 16.5. The predicted molar refractivity (Wildman–Crippen MR) is 82.9 cm³/mol. The van der Waals surface area contributed by atoms with E-state index in [9.17, 15) is 0 Å². The van der Waals surface area contributed by atoms with Crippen molar-refractivity contribution in [1.82, 2.24) is 9.97 Å². The minimum absolute atomic E-state index is 0.384. The topological polar surface area (TPSA) is 47.0 Å². The molecule has 4 nitrogen and oxygen atoms in total. The summed E-state index contributed by atoms with van der Waals surface area (Å²) in [6.07, 6.45) is 4.03. The quantitative estimate of drug-likeness (QED) is 0.774. The van der Waals surface area contributed by atoms with Crippen LogP contribution in [-0.4, -0.2) is 16.5 Å². The zero-order valence-corrected chi connectivity index (χ0v) is 11.5. The van der Waals surface area contributed by atoms with E-state index in [4.69, 9.17) is 4.74 Å². The van der Waals surface area contributed by atoms with Crippen LogP contribution >= 0.6 is 0 Å². The maximum Gasteiger partial charge on any atom is 0.322 e. The number of benzene rings is 2. The van der Waals surface area contributed by atoms with Gasteiger partial charge in [-0.05, 0) is 30.5 Å². The SMILES string of the molecule is c1cc2c(c(Oc3ncc4ccccc4n3)c1)NCCC2. The van der Waals surface area contributed by atoms with Crippen molar-refractivity contribution in [3.8, 4) is 11.8 Å². The van der Waals surface area contributed by atoms with E-state index in [0.717, 1.165) is 41.7 Å². The Morgan fingerprint density at radius 1 is 1.05 bits per heavy atom. The minimum atomic E-state index is 0.384. The van der Waals surface area contributed by atoms with Crippen LogP contribution in [0.5, 0.6) is 11.8 Å². The second kappa shape index (κ2) is 5.05. The highest BCUT2D eigenvalue weighted by Crippen LogP contribution is 2.34. The molecule has 2 aromatic carbocycles. The molecule has 0 amide bonds. The second-order valence-corrected chi connectivity index (χ2v) is 5.13. The summed E-state index contributed by atoms with van der Waals surface area (Å²) < 4.78 is 5.90. The van der Waals surface area contributed by atoms with Crippen LogP contribution in [0.1, 0.15) is 12.0 Å². The summed E-state index contributed by atoms with van der Waals surface area (Å²) >= 11 is 0. The monoisotopic (exact) mass is 277 g/mol. The van der Waals surface area contributed by atoms with Gasteiger partial charge in [-0.1, -0.05) is 30.3 Å². The molecule has 0 unspecified atom stereocenters. The first-order chi connectivity index (χ1) is 10.4. The fraction of sp³-hybridized carbons (Fsp3) is 0.176. The van der Waals surface area contributed by atoms with E-state index in [0.29, 0.717) is 6.01 Å². The van der Waals surface area contributed by atoms with Crippen molar-refractivity contribution in [1.29, 1.82) is 0 Å². The van der Waals surface area contributed by atoms with Crippen LogP contribution in [0.15, 0.2) is 48.7 Å². The van der Waals surface area contributed by atoms with Gasteiger partial charge in [-0.3, -0.25) is 0 Å². The fourth-order valence-electron chi connectivity index (χ4n) is 2.67. The summed E-state index contributed by atoms with van der Waals surface area (Å²) in [4.78, 5) is 8.75. The molecule has 0 spiro atoms. The van der Waals surface area contributed by atoms with Gasteiger partial charge in [0.25, 0.3) is 0 Å². The highest BCUT2D eigenvalue weighted by molar-refractivity contribution is 5.77. The molecular weight excluding hydrogens is 262 g/mol. The second-order valence-electron chi connectivity index (χ2n) is 5.13.